The molecule has 0 atom stereocenters. The molecule has 1 aromatic carbocycles. The number of nitrogens with one attached hydrogen (secondary N) is 2. The summed E-state index contributed by atoms with van der Waals surface area (Å²) in [5.41, 5.74) is 1.15. The molecule has 0 aliphatic carbocycles. The monoisotopic (exact) mass is 375 g/mol. The zero-order chi connectivity index (χ0) is 12.8. The normalized spacial score (nSPS) is 14.2. The molecular weight excluding hydrogens is 353 g/mol. The summed E-state index contributed by atoms with van der Waals surface area (Å²) in [4.78, 5) is 4.39. The first kappa shape index (κ1) is 16.1. The van der Waals surface area contributed by atoms with Crippen LogP contribution in [0.4, 0.5) is 0 Å². The van der Waals surface area contributed by atoms with Gasteiger partial charge < -0.3 is 15.4 Å². The zero-order valence-corrected chi connectivity index (χ0v) is 13.8. The summed E-state index contributed by atoms with van der Waals surface area (Å²) in [6, 6.07) is 8.11. The van der Waals surface area contributed by atoms with Crippen LogP contribution >= 0.6 is 24.0 Å². The molecule has 1 aliphatic rings. The number of hydrogen-bond donors (Lipinski definition) is 2. The zero-order valence-electron chi connectivity index (χ0n) is 11.5. The fraction of sp³-hybridized carbons (Fsp3) is 0.500. The van der Waals surface area contributed by atoms with Gasteiger partial charge in [-0.15, -0.1) is 24.0 Å². The van der Waals surface area contributed by atoms with E-state index in [1.54, 1.807) is 0 Å². The van der Waals surface area contributed by atoms with Gasteiger partial charge >= 0.3 is 0 Å². The van der Waals surface area contributed by atoms with Crippen LogP contribution in [-0.2, 0) is 6.54 Å². The Hall–Kier alpha value is -0.980. The smallest absolute Gasteiger partial charge is 0.191 e. The molecule has 0 bridgehead atoms. The first-order chi connectivity index (χ1) is 8.75. The van der Waals surface area contributed by atoms with Gasteiger partial charge in [-0.25, -0.2) is 0 Å². The fourth-order valence-corrected chi connectivity index (χ4v) is 1.85. The number of hydrogen-bond acceptors (Lipinski definition) is 4. The van der Waals surface area contributed by atoms with E-state index in [0.717, 1.165) is 43.3 Å². The molecule has 0 unspecified atom stereocenters. The summed E-state index contributed by atoms with van der Waals surface area (Å²) < 4.78 is 5.78. The van der Waals surface area contributed by atoms with E-state index in [-0.39, 0.29) is 30.1 Å². The molecule has 19 heavy (non-hydrogen) atoms. The predicted octanol–water partition coefficient (Wildman–Crippen LogP) is 2.53. The third-order valence-electron chi connectivity index (χ3n) is 2.68. The Balaban J connectivity index is 0.00000180. The molecule has 0 saturated heterocycles. The van der Waals surface area contributed by atoms with Gasteiger partial charge in [-0.3, -0.25) is 4.99 Å². The molecule has 5 heteroatoms. The van der Waals surface area contributed by atoms with Crippen molar-refractivity contribution in [2.24, 2.45) is 4.99 Å². The van der Waals surface area contributed by atoms with Gasteiger partial charge in [0.05, 0.1) is 6.10 Å². The van der Waals surface area contributed by atoms with Crippen LogP contribution in [0.25, 0.3) is 0 Å². The number of halogens is 1. The number of para-hydroxylation sites is 1. The minimum Gasteiger partial charge on any atom is -0.491 e. The van der Waals surface area contributed by atoms with E-state index in [1.807, 2.05) is 32.0 Å². The van der Waals surface area contributed by atoms with Crippen molar-refractivity contribution in [1.29, 1.82) is 0 Å². The number of nitrogens with zero attached hydrogens (tertiary/aromatic N) is 1. The summed E-state index contributed by atoms with van der Waals surface area (Å²) in [5, 5.41) is 6.56. The third kappa shape index (κ3) is 5.26. The molecule has 0 aromatic heterocycles. The highest BCUT2D eigenvalue weighted by Gasteiger charge is 2.07. The van der Waals surface area contributed by atoms with Crippen molar-refractivity contribution >= 4 is 29.9 Å². The van der Waals surface area contributed by atoms with Crippen LogP contribution in [0.15, 0.2) is 29.3 Å². The first-order valence-corrected chi connectivity index (χ1v) is 6.52. The summed E-state index contributed by atoms with van der Waals surface area (Å²) in [5.74, 6) is 1.83. The lowest BCUT2D eigenvalue weighted by atomic mass is 10.2. The molecule has 1 aliphatic heterocycles. The summed E-state index contributed by atoms with van der Waals surface area (Å²) >= 11 is 0. The number of ether oxygens (including phenoxy) is 1. The van der Waals surface area contributed by atoms with Gasteiger partial charge in [0.25, 0.3) is 0 Å². The van der Waals surface area contributed by atoms with Crippen molar-refractivity contribution in [2.75, 3.05) is 13.1 Å². The maximum absolute atomic E-state index is 5.78. The van der Waals surface area contributed by atoms with E-state index in [9.17, 15) is 0 Å². The maximum atomic E-state index is 5.78. The van der Waals surface area contributed by atoms with Crippen LogP contribution in [0, 0.1) is 0 Å². The first-order valence-electron chi connectivity index (χ1n) is 6.52. The highest BCUT2D eigenvalue weighted by atomic mass is 127. The standard InChI is InChI=1S/C14H21N3O.HI/c1-11(2)18-13-7-4-3-6-12(13)10-17-14-15-8-5-9-16-14;/h3-4,6-7,11H,5,8-10H2,1-2H3,(H2,15,16,17);1H. The van der Waals surface area contributed by atoms with E-state index in [0.29, 0.717) is 0 Å². The van der Waals surface area contributed by atoms with Crippen LogP contribution in [0.3, 0.4) is 0 Å². The number of aliphatic imine (C=N–C) groups is 1. The topological polar surface area (TPSA) is 45.6 Å². The Bertz CT molecular complexity index is 421. The molecule has 4 nitrogen and oxygen atoms in total. The van der Waals surface area contributed by atoms with Gasteiger partial charge in [-0.2, -0.15) is 0 Å². The van der Waals surface area contributed by atoms with E-state index in [2.05, 4.69) is 21.7 Å². The van der Waals surface area contributed by atoms with Gasteiger partial charge in [0.1, 0.15) is 5.75 Å². The maximum Gasteiger partial charge on any atom is 0.191 e. The Morgan fingerprint density at radius 1 is 1.37 bits per heavy atom. The number of rotatable bonds is 4. The van der Waals surface area contributed by atoms with Crippen molar-refractivity contribution in [3.63, 3.8) is 0 Å². The van der Waals surface area contributed by atoms with Crippen LogP contribution in [-0.4, -0.2) is 25.2 Å². The quantitative estimate of drug-likeness (QED) is 0.796. The Morgan fingerprint density at radius 3 is 2.84 bits per heavy atom. The highest BCUT2D eigenvalue weighted by molar-refractivity contribution is 14.0. The van der Waals surface area contributed by atoms with Crippen molar-refractivity contribution in [3.05, 3.63) is 29.8 Å². The average Bonchev–Trinajstić information content (AvgIpc) is 2.38. The van der Waals surface area contributed by atoms with Gasteiger partial charge in [0.15, 0.2) is 5.96 Å². The summed E-state index contributed by atoms with van der Waals surface area (Å²) in [7, 11) is 0. The number of guanidine groups is 1. The SMILES string of the molecule is CC(C)Oc1ccccc1CNC1=NCCCN1.I. The van der Waals surface area contributed by atoms with Crippen molar-refractivity contribution in [1.82, 2.24) is 10.6 Å². The second-order valence-corrected chi connectivity index (χ2v) is 4.64. The lowest BCUT2D eigenvalue weighted by Gasteiger charge is -2.18. The van der Waals surface area contributed by atoms with E-state index in [4.69, 9.17) is 4.74 Å². The van der Waals surface area contributed by atoms with Crippen molar-refractivity contribution < 1.29 is 4.74 Å². The van der Waals surface area contributed by atoms with E-state index in [1.165, 1.54) is 0 Å². The van der Waals surface area contributed by atoms with Crippen LogP contribution in [0.1, 0.15) is 25.8 Å². The third-order valence-corrected chi connectivity index (χ3v) is 2.68. The second-order valence-electron chi connectivity index (χ2n) is 4.64. The van der Waals surface area contributed by atoms with Crippen molar-refractivity contribution in [2.45, 2.75) is 32.9 Å². The van der Waals surface area contributed by atoms with E-state index >= 15 is 0 Å². The molecular formula is C14H22IN3O. The lowest BCUT2D eigenvalue weighted by molar-refractivity contribution is 0.240. The molecule has 0 radical (unpaired) electrons. The van der Waals surface area contributed by atoms with Crippen molar-refractivity contribution in [3.8, 4) is 5.75 Å². The molecule has 0 fully saturated rings. The predicted molar refractivity (Wildman–Crippen MR) is 89.4 cm³/mol. The largest absolute Gasteiger partial charge is 0.491 e. The second kappa shape index (κ2) is 8.24. The van der Waals surface area contributed by atoms with Crippen LogP contribution in [0.2, 0.25) is 0 Å². The summed E-state index contributed by atoms with van der Waals surface area (Å²) in [6.45, 7) is 6.71. The molecule has 2 N–H and O–H groups in total. The molecule has 106 valence electrons. The fourth-order valence-electron chi connectivity index (χ4n) is 1.85. The molecule has 0 amide bonds. The minimum atomic E-state index is 0. The average molecular weight is 375 g/mol. The van der Waals surface area contributed by atoms with Crippen LogP contribution < -0.4 is 15.4 Å². The highest BCUT2D eigenvalue weighted by Crippen LogP contribution is 2.19. The molecule has 0 saturated carbocycles. The van der Waals surface area contributed by atoms with Gasteiger partial charge in [0.2, 0.25) is 0 Å². The molecule has 2 rings (SSSR count). The molecule has 1 heterocycles. The number of benzene rings is 1. The van der Waals surface area contributed by atoms with Gasteiger partial charge in [-0.1, -0.05) is 18.2 Å². The lowest BCUT2D eigenvalue weighted by Crippen LogP contribution is -2.40. The summed E-state index contributed by atoms with van der Waals surface area (Å²) in [6.07, 6.45) is 1.30. The molecule has 1 aromatic rings. The van der Waals surface area contributed by atoms with E-state index < -0.39 is 0 Å². The molecule has 0 spiro atoms. The van der Waals surface area contributed by atoms with Gasteiger partial charge in [0, 0.05) is 25.2 Å². The Labute approximate surface area is 132 Å². The Kier molecular flexibility index (Phi) is 6.97. The minimum absolute atomic E-state index is 0. The van der Waals surface area contributed by atoms with Gasteiger partial charge in [-0.05, 0) is 26.3 Å². The van der Waals surface area contributed by atoms with Crippen LogP contribution in [0.5, 0.6) is 5.75 Å². The Morgan fingerprint density at radius 2 is 2.16 bits per heavy atom.